The number of carboxylic acids is 1. The van der Waals surface area contributed by atoms with Gasteiger partial charge in [0, 0.05) is 0 Å². The average Bonchev–Trinajstić information content (AvgIpc) is 2.23. The third kappa shape index (κ3) is 3.33. The molecule has 0 aliphatic rings. The van der Waals surface area contributed by atoms with Crippen LogP contribution >= 0.6 is 11.6 Å². The number of nitrogens with two attached hydrogens (primary N) is 1. The predicted molar refractivity (Wildman–Crippen MR) is 63.8 cm³/mol. The fraction of sp³-hybridized carbons (Fsp3) is 0.364. The van der Waals surface area contributed by atoms with Gasteiger partial charge >= 0.3 is 5.97 Å². The first-order valence-electron chi connectivity index (χ1n) is 4.96. The molecule has 0 heterocycles. The summed E-state index contributed by atoms with van der Waals surface area (Å²) < 4.78 is 0. The predicted octanol–water partition coefficient (Wildman–Crippen LogP) is 1.10. The Hall–Kier alpha value is -1.30. The van der Waals surface area contributed by atoms with Crippen molar-refractivity contribution in [3.05, 3.63) is 28.3 Å². The van der Waals surface area contributed by atoms with Gasteiger partial charge < -0.3 is 21.1 Å². The first kappa shape index (κ1) is 13.8. The van der Waals surface area contributed by atoms with Crippen LogP contribution in [0.3, 0.4) is 0 Å². The van der Waals surface area contributed by atoms with E-state index in [1.54, 1.807) is 13.0 Å². The van der Waals surface area contributed by atoms with E-state index in [1.807, 2.05) is 0 Å². The van der Waals surface area contributed by atoms with Crippen LogP contribution in [-0.4, -0.2) is 27.4 Å². The third-order valence-corrected chi connectivity index (χ3v) is 2.76. The first-order chi connectivity index (χ1) is 7.82. The normalized spacial score (nSPS) is 14.4. The minimum atomic E-state index is -1.38. The third-order valence-electron chi connectivity index (χ3n) is 2.45. The lowest BCUT2D eigenvalue weighted by molar-refractivity contribution is -0.141. The molecule has 0 aliphatic heterocycles. The molecule has 5 nitrogen and oxygen atoms in total. The molecule has 2 unspecified atom stereocenters. The number of hydrogen-bond acceptors (Lipinski definition) is 4. The maximum atomic E-state index is 10.4. The van der Waals surface area contributed by atoms with Crippen LogP contribution in [0.25, 0.3) is 0 Å². The molecule has 0 bridgehead atoms. The van der Waals surface area contributed by atoms with Crippen molar-refractivity contribution >= 4 is 23.3 Å². The largest absolute Gasteiger partial charge is 0.481 e. The maximum absolute atomic E-state index is 10.4. The van der Waals surface area contributed by atoms with Gasteiger partial charge in [-0.05, 0) is 24.1 Å². The SMILES string of the molecule is Cc1cc(C(O)C(O)CC(=O)O)cc(Cl)c1N. The van der Waals surface area contributed by atoms with E-state index in [0.29, 0.717) is 16.8 Å². The van der Waals surface area contributed by atoms with Crippen LogP contribution in [0, 0.1) is 6.92 Å². The van der Waals surface area contributed by atoms with Gasteiger partial charge in [0.05, 0.1) is 23.2 Å². The summed E-state index contributed by atoms with van der Waals surface area (Å²) in [7, 11) is 0. The second-order valence-corrected chi connectivity index (χ2v) is 4.25. The van der Waals surface area contributed by atoms with Crippen LogP contribution in [0.2, 0.25) is 5.02 Å². The molecule has 17 heavy (non-hydrogen) atoms. The molecule has 0 radical (unpaired) electrons. The van der Waals surface area contributed by atoms with Crippen molar-refractivity contribution in [1.82, 2.24) is 0 Å². The zero-order chi connectivity index (χ0) is 13.2. The van der Waals surface area contributed by atoms with Crippen molar-refractivity contribution in [2.75, 3.05) is 5.73 Å². The Morgan fingerprint density at radius 2 is 2.06 bits per heavy atom. The molecule has 1 aromatic rings. The van der Waals surface area contributed by atoms with Crippen molar-refractivity contribution in [3.63, 3.8) is 0 Å². The van der Waals surface area contributed by atoms with E-state index in [4.69, 9.17) is 22.4 Å². The Kier molecular flexibility index (Phi) is 4.34. The molecule has 94 valence electrons. The lowest BCUT2D eigenvalue weighted by Gasteiger charge is -2.18. The number of nitrogen functional groups attached to an aromatic ring is 1. The number of aryl methyl sites for hydroxylation is 1. The highest BCUT2D eigenvalue weighted by atomic mass is 35.5. The molecular formula is C11H14ClNO4. The minimum absolute atomic E-state index is 0.265. The lowest BCUT2D eigenvalue weighted by atomic mass is 9.99. The zero-order valence-corrected chi connectivity index (χ0v) is 9.98. The van der Waals surface area contributed by atoms with E-state index >= 15 is 0 Å². The Morgan fingerprint density at radius 3 is 2.53 bits per heavy atom. The van der Waals surface area contributed by atoms with Crippen molar-refractivity contribution in [2.45, 2.75) is 25.6 Å². The van der Waals surface area contributed by atoms with Gasteiger partial charge in [-0.15, -0.1) is 0 Å². The quantitative estimate of drug-likeness (QED) is 0.606. The van der Waals surface area contributed by atoms with Gasteiger partial charge in [0.1, 0.15) is 6.10 Å². The fourth-order valence-corrected chi connectivity index (χ4v) is 1.74. The molecule has 0 amide bonds. The van der Waals surface area contributed by atoms with E-state index < -0.39 is 24.6 Å². The molecule has 0 saturated heterocycles. The number of carboxylic acid groups (broad SMARTS) is 1. The molecule has 0 aliphatic carbocycles. The maximum Gasteiger partial charge on any atom is 0.306 e. The number of aliphatic hydroxyl groups excluding tert-OH is 2. The number of halogens is 1. The number of hydrogen-bond donors (Lipinski definition) is 4. The van der Waals surface area contributed by atoms with Gasteiger partial charge in [-0.1, -0.05) is 17.7 Å². The lowest BCUT2D eigenvalue weighted by Crippen LogP contribution is -2.22. The van der Waals surface area contributed by atoms with Gasteiger partial charge in [-0.3, -0.25) is 4.79 Å². The highest BCUT2D eigenvalue weighted by Gasteiger charge is 2.22. The van der Waals surface area contributed by atoms with Crippen LogP contribution in [0.4, 0.5) is 5.69 Å². The fourth-order valence-electron chi connectivity index (χ4n) is 1.47. The summed E-state index contributed by atoms with van der Waals surface area (Å²) >= 11 is 5.84. The number of anilines is 1. The summed E-state index contributed by atoms with van der Waals surface area (Å²) in [5.41, 5.74) is 7.04. The van der Waals surface area contributed by atoms with Gasteiger partial charge in [0.25, 0.3) is 0 Å². The minimum Gasteiger partial charge on any atom is -0.481 e. The number of aliphatic carboxylic acids is 1. The molecule has 0 fully saturated rings. The number of aliphatic hydroxyl groups is 2. The van der Waals surface area contributed by atoms with Crippen LogP contribution < -0.4 is 5.73 Å². The zero-order valence-electron chi connectivity index (χ0n) is 9.22. The Morgan fingerprint density at radius 1 is 1.47 bits per heavy atom. The molecular weight excluding hydrogens is 246 g/mol. The number of carbonyl (C=O) groups is 1. The highest BCUT2D eigenvalue weighted by Crippen LogP contribution is 2.29. The van der Waals surface area contributed by atoms with Gasteiger partial charge in [0.2, 0.25) is 0 Å². The van der Waals surface area contributed by atoms with Crippen LogP contribution in [0.5, 0.6) is 0 Å². The molecule has 1 rings (SSSR count). The summed E-state index contributed by atoms with van der Waals surface area (Å²) in [6.07, 6.45) is -3.23. The first-order valence-corrected chi connectivity index (χ1v) is 5.34. The van der Waals surface area contributed by atoms with E-state index in [9.17, 15) is 15.0 Å². The van der Waals surface area contributed by atoms with E-state index in [2.05, 4.69) is 0 Å². The Balaban J connectivity index is 2.96. The summed E-state index contributed by atoms with van der Waals surface area (Å²) in [5, 5.41) is 28.0. The van der Waals surface area contributed by atoms with E-state index in [0.717, 1.165) is 0 Å². The van der Waals surface area contributed by atoms with Crippen LogP contribution in [0.1, 0.15) is 23.7 Å². The van der Waals surface area contributed by atoms with Crippen molar-refractivity contribution in [2.24, 2.45) is 0 Å². The molecule has 0 aromatic heterocycles. The molecule has 0 spiro atoms. The standard InChI is InChI=1S/C11H14ClNO4/c1-5-2-6(3-7(12)10(5)13)11(17)8(14)4-9(15)16/h2-3,8,11,14,17H,4,13H2,1H3,(H,15,16). The van der Waals surface area contributed by atoms with Gasteiger partial charge in [-0.25, -0.2) is 0 Å². The molecule has 1 aromatic carbocycles. The summed E-state index contributed by atoms with van der Waals surface area (Å²) in [6, 6.07) is 2.98. The van der Waals surface area contributed by atoms with Gasteiger partial charge in [-0.2, -0.15) is 0 Å². The Labute approximate surface area is 103 Å². The Bertz CT molecular complexity index is 412. The number of rotatable bonds is 4. The summed E-state index contributed by atoms with van der Waals surface area (Å²) in [6.45, 7) is 1.71. The second-order valence-electron chi connectivity index (χ2n) is 3.84. The van der Waals surface area contributed by atoms with Crippen molar-refractivity contribution in [3.8, 4) is 0 Å². The van der Waals surface area contributed by atoms with Crippen LogP contribution in [-0.2, 0) is 4.79 Å². The molecule has 2 atom stereocenters. The smallest absolute Gasteiger partial charge is 0.306 e. The summed E-state index contributed by atoms with van der Waals surface area (Å²) in [4.78, 5) is 10.4. The molecule has 0 saturated carbocycles. The average molecular weight is 260 g/mol. The molecule has 6 heteroatoms. The number of benzene rings is 1. The topological polar surface area (TPSA) is 104 Å². The van der Waals surface area contributed by atoms with Crippen LogP contribution in [0.15, 0.2) is 12.1 Å². The summed E-state index contributed by atoms with van der Waals surface area (Å²) in [5.74, 6) is -1.19. The van der Waals surface area contributed by atoms with E-state index in [-0.39, 0.29) is 5.02 Å². The molecule has 5 N–H and O–H groups in total. The van der Waals surface area contributed by atoms with Gasteiger partial charge in [0.15, 0.2) is 0 Å². The van der Waals surface area contributed by atoms with Crippen molar-refractivity contribution in [1.29, 1.82) is 0 Å². The van der Waals surface area contributed by atoms with Crippen molar-refractivity contribution < 1.29 is 20.1 Å². The highest BCUT2D eigenvalue weighted by molar-refractivity contribution is 6.33. The second kappa shape index (κ2) is 5.35. The van der Waals surface area contributed by atoms with E-state index in [1.165, 1.54) is 6.07 Å². The monoisotopic (exact) mass is 259 g/mol.